The third-order valence-electron chi connectivity index (χ3n) is 3.52. The van der Waals surface area contributed by atoms with E-state index >= 15 is 0 Å². The molecule has 1 saturated carbocycles. The molecule has 0 spiro atoms. The molecule has 0 nitrogen and oxygen atoms in total. The van der Waals surface area contributed by atoms with E-state index in [1.54, 1.807) is 0 Å². The van der Waals surface area contributed by atoms with Crippen LogP contribution in [0.25, 0.3) is 0 Å². The van der Waals surface area contributed by atoms with Crippen LogP contribution in [0.5, 0.6) is 0 Å². The Labute approximate surface area is 84.1 Å². The van der Waals surface area contributed by atoms with Gasteiger partial charge in [-0.2, -0.15) is 0 Å². The topological polar surface area (TPSA) is 0 Å². The second-order valence-corrected chi connectivity index (χ2v) is 5.23. The van der Waals surface area contributed by atoms with Gasteiger partial charge in [-0.05, 0) is 24.2 Å². The molecule has 1 rings (SSSR count). The summed E-state index contributed by atoms with van der Waals surface area (Å²) in [4.78, 5) is 0. The lowest BCUT2D eigenvalue weighted by molar-refractivity contribution is 0.406. The van der Waals surface area contributed by atoms with Gasteiger partial charge in [0.25, 0.3) is 0 Å². The summed E-state index contributed by atoms with van der Waals surface area (Å²) in [5, 5.41) is 0. The average molecular weight is 182 g/mol. The maximum atomic E-state index is 2.44. The van der Waals surface area contributed by atoms with Crippen molar-refractivity contribution in [2.24, 2.45) is 17.8 Å². The highest BCUT2D eigenvalue weighted by atomic mass is 14.3. The van der Waals surface area contributed by atoms with Crippen molar-refractivity contribution < 1.29 is 0 Å². The van der Waals surface area contributed by atoms with Gasteiger partial charge in [-0.3, -0.25) is 0 Å². The van der Waals surface area contributed by atoms with E-state index in [2.05, 4.69) is 20.8 Å². The van der Waals surface area contributed by atoms with Crippen molar-refractivity contribution in [3.8, 4) is 0 Å². The molecule has 1 aliphatic carbocycles. The van der Waals surface area contributed by atoms with Crippen LogP contribution in [0, 0.1) is 17.8 Å². The zero-order valence-electron chi connectivity index (χ0n) is 9.68. The third-order valence-corrected chi connectivity index (χ3v) is 3.52. The van der Waals surface area contributed by atoms with Crippen LogP contribution in [0.1, 0.15) is 65.7 Å². The molecule has 0 aromatic rings. The van der Waals surface area contributed by atoms with Crippen molar-refractivity contribution in [2.45, 2.75) is 65.7 Å². The standard InChI is InChI=1S/C13H26/c1-4-11(2)6-5-7-12(3)10-13-8-9-13/h11-13H,4-10H2,1-3H3. The van der Waals surface area contributed by atoms with E-state index in [0.29, 0.717) is 0 Å². The molecular weight excluding hydrogens is 156 g/mol. The highest BCUT2D eigenvalue weighted by Gasteiger charge is 2.23. The average Bonchev–Trinajstić information content (AvgIpc) is 2.88. The van der Waals surface area contributed by atoms with Crippen molar-refractivity contribution in [2.75, 3.05) is 0 Å². The van der Waals surface area contributed by atoms with Gasteiger partial charge in [-0.25, -0.2) is 0 Å². The molecule has 0 saturated heterocycles. The van der Waals surface area contributed by atoms with Crippen LogP contribution in [0.4, 0.5) is 0 Å². The summed E-state index contributed by atoms with van der Waals surface area (Å²) < 4.78 is 0. The second-order valence-electron chi connectivity index (χ2n) is 5.23. The van der Waals surface area contributed by atoms with E-state index in [1.807, 2.05) is 0 Å². The van der Waals surface area contributed by atoms with Gasteiger partial charge in [0.05, 0.1) is 0 Å². The number of hydrogen-bond donors (Lipinski definition) is 0. The van der Waals surface area contributed by atoms with Gasteiger partial charge in [0.15, 0.2) is 0 Å². The quantitative estimate of drug-likeness (QED) is 0.538. The molecule has 0 bridgehead atoms. The first-order valence-electron chi connectivity index (χ1n) is 6.22. The summed E-state index contributed by atoms with van der Waals surface area (Å²) in [6.45, 7) is 7.12. The predicted octanol–water partition coefficient (Wildman–Crippen LogP) is 4.64. The van der Waals surface area contributed by atoms with E-state index in [-0.39, 0.29) is 0 Å². The third kappa shape index (κ3) is 5.33. The van der Waals surface area contributed by atoms with Crippen molar-refractivity contribution in [3.63, 3.8) is 0 Å². The molecule has 13 heavy (non-hydrogen) atoms. The zero-order chi connectivity index (χ0) is 9.68. The van der Waals surface area contributed by atoms with E-state index in [1.165, 1.54) is 44.9 Å². The minimum Gasteiger partial charge on any atom is -0.0651 e. The van der Waals surface area contributed by atoms with Crippen molar-refractivity contribution in [1.29, 1.82) is 0 Å². The van der Waals surface area contributed by atoms with Crippen molar-refractivity contribution in [1.82, 2.24) is 0 Å². The maximum Gasteiger partial charge on any atom is -0.0412 e. The fourth-order valence-electron chi connectivity index (χ4n) is 2.06. The molecule has 0 heteroatoms. The minimum atomic E-state index is 0.952. The fourth-order valence-corrected chi connectivity index (χ4v) is 2.06. The lowest BCUT2D eigenvalue weighted by atomic mass is 9.94. The smallest absolute Gasteiger partial charge is 0.0412 e. The van der Waals surface area contributed by atoms with E-state index < -0.39 is 0 Å². The molecule has 0 radical (unpaired) electrons. The lowest BCUT2D eigenvalue weighted by Gasteiger charge is -2.12. The van der Waals surface area contributed by atoms with Gasteiger partial charge in [-0.1, -0.05) is 59.3 Å². The molecule has 2 atom stereocenters. The molecule has 0 aliphatic heterocycles. The SMILES string of the molecule is CCC(C)CCCC(C)CC1CC1. The Morgan fingerprint density at radius 2 is 1.69 bits per heavy atom. The summed E-state index contributed by atoms with van der Waals surface area (Å²) >= 11 is 0. The molecule has 1 fully saturated rings. The van der Waals surface area contributed by atoms with Crippen LogP contribution in [0.15, 0.2) is 0 Å². The maximum absolute atomic E-state index is 2.44. The summed E-state index contributed by atoms with van der Waals surface area (Å²) in [5.74, 6) is 3.07. The van der Waals surface area contributed by atoms with Crippen LogP contribution < -0.4 is 0 Å². The Balaban J connectivity index is 1.91. The van der Waals surface area contributed by atoms with Gasteiger partial charge in [0, 0.05) is 0 Å². The molecule has 0 aromatic heterocycles. The van der Waals surface area contributed by atoms with E-state index in [4.69, 9.17) is 0 Å². The van der Waals surface area contributed by atoms with Crippen LogP contribution >= 0.6 is 0 Å². The Kier molecular flexibility index (Phi) is 4.83. The summed E-state index contributed by atoms with van der Waals surface area (Å²) in [5.41, 5.74) is 0. The predicted molar refractivity (Wildman–Crippen MR) is 59.8 cm³/mol. The highest BCUT2D eigenvalue weighted by Crippen LogP contribution is 2.36. The first-order valence-corrected chi connectivity index (χ1v) is 6.22. The van der Waals surface area contributed by atoms with Crippen molar-refractivity contribution in [3.05, 3.63) is 0 Å². The molecule has 1 aliphatic rings. The minimum absolute atomic E-state index is 0.952. The lowest BCUT2D eigenvalue weighted by Crippen LogP contribution is -1.98. The Morgan fingerprint density at radius 1 is 1.08 bits per heavy atom. The number of hydrogen-bond acceptors (Lipinski definition) is 0. The van der Waals surface area contributed by atoms with Gasteiger partial charge in [0.1, 0.15) is 0 Å². The molecule has 0 amide bonds. The Hall–Kier alpha value is 0. The molecule has 0 N–H and O–H groups in total. The normalized spacial score (nSPS) is 21.5. The fraction of sp³-hybridized carbons (Fsp3) is 1.00. The Bertz CT molecular complexity index is 124. The van der Waals surface area contributed by atoms with Crippen LogP contribution in [-0.2, 0) is 0 Å². The second kappa shape index (κ2) is 5.67. The summed E-state index contributed by atoms with van der Waals surface area (Å²) in [6, 6.07) is 0. The van der Waals surface area contributed by atoms with Gasteiger partial charge >= 0.3 is 0 Å². The summed E-state index contributed by atoms with van der Waals surface area (Å²) in [7, 11) is 0. The monoisotopic (exact) mass is 182 g/mol. The van der Waals surface area contributed by atoms with Gasteiger partial charge < -0.3 is 0 Å². The van der Waals surface area contributed by atoms with Crippen LogP contribution in [0.3, 0.4) is 0 Å². The molecule has 2 unspecified atom stereocenters. The van der Waals surface area contributed by atoms with Crippen LogP contribution in [0.2, 0.25) is 0 Å². The summed E-state index contributed by atoms with van der Waals surface area (Å²) in [6.07, 6.45) is 10.3. The first-order chi connectivity index (χ1) is 6.22. The van der Waals surface area contributed by atoms with Gasteiger partial charge in [0.2, 0.25) is 0 Å². The van der Waals surface area contributed by atoms with Crippen LogP contribution in [-0.4, -0.2) is 0 Å². The molecule has 0 heterocycles. The number of rotatable bonds is 7. The molecule has 78 valence electrons. The molecular formula is C13H26. The van der Waals surface area contributed by atoms with E-state index in [9.17, 15) is 0 Å². The van der Waals surface area contributed by atoms with E-state index in [0.717, 1.165) is 17.8 Å². The largest absolute Gasteiger partial charge is 0.0651 e. The Morgan fingerprint density at radius 3 is 2.23 bits per heavy atom. The van der Waals surface area contributed by atoms with Gasteiger partial charge in [-0.15, -0.1) is 0 Å². The highest BCUT2D eigenvalue weighted by molar-refractivity contribution is 4.75. The molecule has 0 aromatic carbocycles. The van der Waals surface area contributed by atoms with Crippen molar-refractivity contribution >= 4 is 0 Å². The first kappa shape index (κ1) is 11.1. The zero-order valence-corrected chi connectivity index (χ0v) is 9.68.